The fourth-order valence-electron chi connectivity index (χ4n) is 2.15. The zero-order valence-corrected chi connectivity index (χ0v) is 12.7. The van der Waals surface area contributed by atoms with Crippen molar-refractivity contribution in [1.82, 2.24) is 0 Å². The van der Waals surface area contributed by atoms with E-state index in [1.807, 2.05) is 0 Å². The van der Waals surface area contributed by atoms with Gasteiger partial charge in [0.25, 0.3) is 0 Å². The van der Waals surface area contributed by atoms with Crippen LogP contribution in [0, 0.1) is 0 Å². The van der Waals surface area contributed by atoms with Gasteiger partial charge >= 0.3 is 5.97 Å². The Hall–Kier alpha value is -3.02. The zero-order chi connectivity index (χ0) is 17.0. The molecule has 0 aliphatic rings. The molecule has 0 radical (unpaired) electrons. The molecule has 0 unspecified atom stereocenters. The first-order valence-electron chi connectivity index (χ1n) is 6.94. The number of anilines is 1. The van der Waals surface area contributed by atoms with E-state index < -0.39 is 12.0 Å². The third-order valence-corrected chi connectivity index (χ3v) is 3.35. The molecule has 2 rings (SSSR count). The second kappa shape index (κ2) is 6.83. The Morgan fingerprint density at radius 2 is 1.78 bits per heavy atom. The molecule has 2 aromatic carbocycles. The maximum Gasteiger partial charge on any atom is 0.325 e. The van der Waals surface area contributed by atoms with Crippen molar-refractivity contribution in [1.29, 1.82) is 0 Å². The number of carboxylic acids is 1. The van der Waals surface area contributed by atoms with Crippen molar-refractivity contribution in [3.63, 3.8) is 0 Å². The average molecular weight is 315 g/mol. The highest BCUT2D eigenvalue weighted by Gasteiger charge is 2.24. The Morgan fingerprint density at radius 1 is 1.13 bits per heavy atom. The van der Waals surface area contributed by atoms with Gasteiger partial charge in [0.1, 0.15) is 6.04 Å². The van der Waals surface area contributed by atoms with Crippen molar-refractivity contribution in [3.05, 3.63) is 53.6 Å². The molecule has 0 heterocycles. The van der Waals surface area contributed by atoms with Gasteiger partial charge in [-0.2, -0.15) is 0 Å². The monoisotopic (exact) mass is 315 g/mol. The van der Waals surface area contributed by atoms with Crippen LogP contribution in [0.4, 0.5) is 5.69 Å². The molecule has 6 heteroatoms. The van der Waals surface area contributed by atoms with E-state index in [1.54, 1.807) is 30.3 Å². The topological polar surface area (TPSA) is 95.9 Å². The largest absolute Gasteiger partial charge is 0.504 e. The molecule has 0 aliphatic heterocycles. The van der Waals surface area contributed by atoms with Crippen LogP contribution >= 0.6 is 0 Å². The molecular weight excluding hydrogens is 298 g/mol. The number of phenols is 1. The van der Waals surface area contributed by atoms with Gasteiger partial charge in [-0.05, 0) is 19.1 Å². The number of carbonyl (C=O) groups is 2. The molecule has 6 nitrogen and oxygen atoms in total. The predicted molar refractivity (Wildman–Crippen MR) is 85.3 cm³/mol. The van der Waals surface area contributed by atoms with Gasteiger partial charge in [-0.25, -0.2) is 0 Å². The van der Waals surface area contributed by atoms with Gasteiger partial charge in [-0.3, -0.25) is 9.59 Å². The average Bonchev–Trinajstić information content (AvgIpc) is 2.56. The summed E-state index contributed by atoms with van der Waals surface area (Å²) >= 11 is 0. The van der Waals surface area contributed by atoms with E-state index in [-0.39, 0.29) is 28.5 Å². The Morgan fingerprint density at radius 3 is 2.35 bits per heavy atom. The van der Waals surface area contributed by atoms with Gasteiger partial charge < -0.3 is 20.3 Å². The van der Waals surface area contributed by atoms with E-state index >= 15 is 0 Å². The summed E-state index contributed by atoms with van der Waals surface area (Å²) in [5.41, 5.74) is 0.776. The Bertz CT molecular complexity index is 727. The number of hydrogen-bond acceptors (Lipinski definition) is 5. The second-order valence-corrected chi connectivity index (χ2v) is 4.94. The quantitative estimate of drug-likeness (QED) is 0.560. The smallest absolute Gasteiger partial charge is 0.325 e. The van der Waals surface area contributed by atoms with E-state index in [2.05, 4.69) is 5.32 Å². The van der Waals surface area contributed by atoms with Crippen molar-refractivity contribution in [2.75, 3.05) is 12.4 Å². The number of nitrogens with one attached hydrogen (secondary N) is 1. The lowest BCUT2D eigenvalue weighted by Gasteiger charge is -2.18. The summed E-state index contributed by atoms with van der Waals surface area (Å²) in [6.07, 6.45) is 0. The molecule has 0 fully saturated rings. The highest BCUT2D eigenvalue weighted by molar-refractivity contribution is 6.14. The fraction of sp³-hybridized carbons (Fsp3) is 0.176. The molecule has 3 N–H and O–H groups in total. The summed E-state index contributed by atoms with van der Waals surface area (Å²) in [7, 11) is 1.33. The van der Waals surface area contributed by atoms with Crippen molar-refractivity contribution in [3.8, 4) is 11.5 Å². The molecular formula is C17H17NO5. The van der Waals surface area contributed by atoms with E-state index in [4.69, 9.17) is 9.84 Å². The minimum Gasteiger partial charge on any atom is -0.504 e. The Kier molecular flexibility index (Phi) is 4.85. The van der Waals surface area contributed by atoms with Gasteiger partial charge in [0.2, 0.25) is 0 Å². The van der Waals surface area contributed by atoms with Crippen LogP contribution in [-0.4, -0.2) is 35.1 Å². The Balaban J connectivity index is 2.56. The van der Waals surface area contributed by atoms with Crippen molar-refractivity contribution in [2.45, 2.75) is 13.0 Å². The number of ether oxygens (including phenoxy) is 1. The van der Waals surface area contributed by atoms with Gasteiger partial charge in [0.15, 0.2) is 17.3 Å². The van der Waals surface area contributed by atoms with Crippen LogP contribution in [0.25, 0.3) is 0 Å². The van der Waals surface area contributed by atoms with Crippen LogP contribution in [0.1, 0.15) is 22.8 Å². The third kappa shape index (κ3) is 3.42. The summed E-state index contributed by atoms with van der Waals surface area (Å²) in [6, 6.07) is 10.4. The van der Waals surface area contributed by atoms with E-state index in [1.165, 1.54) is 26.2 Å². The van der Waals surface area contributed by atoms with E-state index in [0.29, 0.717) is 5.56 Å². The molecule has 0 saturated carbocycles. The minimum absolute atomic E-state index is 0.00134. The number of hydrogen-bond donors (Lipinski definition) is 3. The van der Waals surface area contributed by atoms with Crippen LogP contribution < -0.4 is 10.1 Å². The summed E-state index contributed by atoms with van der Waals surface area (Å²) < 4.78 is 5.14. The fourth-order valence-corrected chi connectivity index (χ4v) is 2.15. The molecule has 1 atom stereocenters. The number of methoxy groups -OCH3 is 1. The van der Waals surface area contributed by atoms with Crippen molar-refractivity contribution < 1.29 is 24.5 Å². The number of benzene rings is 2. The first kappa shape index (κ1) is 16.4. The summed E-state index contributed by atoms with van der Waals surface area (Å²) in [5.74, 6) is -1.63. The molecule has 0 bridgehead atoms. The van der Waals surface area contributed by atoms with E-state index in [9.17, 15) is 14.7 Å². The van der Waals surface area contributed by atoms with Crippen molar-refractivity contribution in [2.24, 2.45) is 0 Å². The van der Waals surface area contributed by atoms with Crippen molar-refractivity contribution >= 4 is 17.4 Å². The molecule has 0 saturated heterocycles. The second-order valence-electron chi connectivity index (χ2n) is 4.94. The molecule has 0 aliphatic carbocycles. The first-order chi connectivity index (χ1) is 11.0. The SMILES string of the molecule is COc1c(O)ccc(N[C@@H](C)C(=O)O)c1C(=O)c1ccccc1. The molecule has 0 amide bonds. The van der Waals surface area contributed by atoms with E-state index in [0.717, 1.165) is 0 Å². The Labute approximate surface area is 133 Å². The summed E-state index contributed by atoms with van der Waals surface area (Å²) in [5, 5.41) is 21.7. The molecule has 0 spiro atoms. The maximum atomic E-state index is 12.8. The van der Waals surface area contributed by atoms with Crippen LogP contribution in [0.5, 0.6) is 11.5 Å². The normalized spacial score (nSPS) is 11.6. The number of aliphatic carboxylic acids is 1. The van der Waals surface area contributed by atoms with Gasteiger partial charge in [0.05, 0.1) is 18.4 Å². The van der Waals surface area contributed by atoms with Crippen LogP contribution in [0.15, 0.2) is 42.5 Å². The number of carbonyl (C=O) groups excluding carboxylic acids is 1. The van der Waals surface area contributed by atoms with Gasteiger partial charge in [-0.1, -0.05) is 30.3 Å². The molecule has 120 valence electrons. The number of rotatable bonds is 6. The predicted octanol–water partition coefficient (Wildman–Crippen LogP) is 2.52. The highest BCUT2D eigenvalue weighted by atomic mass is 16.5. The number of ketones is 1. The minimum atomic E-state index is -1.06. The zero-order valence-electron chi connectivity index (χ0n) is 12.7. The van der Waals surface area contributed by atoms with Crippen LogP contribution in [0.3, 0.4) is 0 Å². The molecule has 2 aromatic rings. The van der Waals surface area contributed by atoms with Gasteiger partial charge in [0, 0.05) is 5.56 Å². The highest BCUT2D eigenvalue weighted by Crippen LogP contribution is 2.37. The first-order valence-corrected chi connectivity index (χ1v) is 6.94. The lowest BCUT2D eigenvalue weighted by atomic mass is 9.99. The maximum absolute atomic E-state index is 12.8. The van der Waals surface area contributed by atoms with Crippen LogP contribution in [-0.2, 0) is 4.79 Å². The number of aromatic hydroxyl groups is 1. The summed E-state index contributed by atoms with van der Waals surface area (Å²) in [6.45, 7) is 1.46. The lowest BCUT2D eigenvalue weighted by molar-refractivity contribution is -0.137. The third-order valence-electron chi connectivity index (χ3n) is 3.35. The number of phenolic OH excluding ortho intramolecular Hbond substituents is 1. The summed E-state index contributed by atoms with van der Waals surface area (Å²) in [4.78, 5) is 23.8. The standard InChI is InChI=1S/C17H17NO5/c1-10(17(21)22)18-12-8-9-13(19)16(23-2)14(12)15(20)11-6-4-3-5-7-11/h3-10,18-19H,1-2H3,(H,21,22)/t10-/m0/s1. The molecule has 23 heavy (non-hydrogen) atoms. The molecule has 0 aromatic heterocycles. The van der Waals surface area contributed by atoms with Gasteiger partial charge in [-0.15, -0.1) is 0 Å². The van der Waals surface area contributed by atoms with Crippen LogP contribution in [0.2, 0.25) is 0 Å². The number of carboxylic acid groups (broad SMARTS) is 1. The lowest BCUT2D eigenvalue weighted by Crippen LogP contribution is -2.26.